The molecule has 198 valence electrons. The van der Waals surface area contributed by atoms with E-state index >= 15 is 0 Å². The minimum atomic E-state index is -0.635. The lowest BCUT2D eigenvalue weighted by Crippen LogP contribution is -2.20. The van der Waals surface area contributed by atoms with Crippen molar-refractivity contribution in [1.82, 2.24) is 0 Å². The van der Waals surface area contributed by atoms with Crippen LogP contribution in [0.5, 0.6) is 0 Å². The fourth-order valence-electron chi connectivity index (χ4n) is 3.91. The summed E-state index contributed by atoms with van der Waals surface area (Å²) in [7, 11) is 0. The van der Waals surface area contributed by atoms with Gasteiger partial charge in [-0.1, -0.05) is 0 Å². The van der Waals surface area contributed by atoms with Crippen molar-refractivity contribution in [2.24, 2.45) is 0 Å². The van der Waals surface area contributed by atoms with Gasteiger partial charge >= 0.3 is 0 Å². The molecule has 9 heteroatoms. The first-order valence-corrected chi connectivity index (χ1v) is 11.9. The first kappa shape index (κ1) is 27.1. The van der Waals surface area contributed by atoms with E-state index in [2.05, 4.69) is 16.0 Å². The van der Waals surface area contributed by atoms with E-state index in [0.717, 1.165) is 0 Å². The molecule has 4 aromatic carbocycles. The second-order valence-electron chi connectivity index (χ2n) is 9.04. The van der Waals surface area contributed by atoms with Gasteiger partial charge in [0.2, 0.25) is 0 Å². The number of amides is 3. The van der Waals surface area contributed by atoms with Gasteiger partial charge in [-0.25, -0.2) is 13.2 Å². The van der Waals surface area contributed by atoms with Gasteiger partial charge in [-0.3, -0.25) is 14.4 Å². The van der Waals surface area contributed by atoms with Crippen molar-refractivity contribution < 1.29 is 27.6 Å². The fraction of sp³-hybridized carbons (Fsp3) is 0.100. The number of anilines is 3. The van der Waals surface area contributed by atoms with Gasteiger partial charge in [0.1, 0.15) is 17.5 Å². The average molecular weight is 532 g/mol. The highest BCUT2D eigenvalue weighted by atomic mass is 19.1. The predicted molar refractivity (Wildman–Crippen MR) is 144 cm³/mol. The maximum atomic E-state index is 13.5. The highest BCUT2D eigenvalue weighted by Crippen LogP contribution is 2.22. The summed E-state index contributed by atoms with van der Waals surface area (Å²) in [6.07, 6.45) is 0. The lowest BCUT2D eigenvalue weighted by molar-refractivity contribution is 0.102. The molecule has 0 fully saturated rings. The van der Waals surface area contributed by atoms with Gasteiger partial charge in [0.05, 0.1) is 0 Å². The van der Waals surface area contributed by atoms with Crippen LogP contribution in [0.4, 0.5) is 30.2 Å². The summed E-state index contributed by atoms with van der Waals surface area (Å²) in [5, 5.41) is 7.99. The number of hydrogen-bond donors (Lipinski definition) is 3. The zero-order chi connectivity index (χ0) is 28.3. The number of benzene rings is 4. The van der Waals surface area contributed by atoms with Crippen molar-refractivity contribution >= 4 is 34.8 Å². The van der Waals surface area contributed by atoms with Crippen molar-refractivity contribution in [3.8, 4) is 0 Å². The van der Waals surface area contributed by atoms with Gasteiger partial charge in [0, 0.05) is 33.8 Å². The summed E-state index contributed by atoms with van der Waals surface area (Å²) in [6.45, 7) is 4.87. The van der Waals surface area contributed by atoms with Crippen LogP contribution in [0, 0.1) is 38.2 Å². The molecule has 0 spiro atoms. The van der Waals surface area contributed by atoms with E-state index in [4.69, 9.17) is 0 Å². The molecule has 0 saturated carbocycles. The third-order valence-electron chi connectivity index (χ3n) is 6.03. The molecule has 0 atom stereocenters. The Labute approximate surface area is 222 Å². The van der Waals surface area contributed by atoms with Crippen LogP contribution in [0.25, 0.3) is 0 Å². The Morgan fingerprint density at radius 2 is 0.718 bits per heavy atom. The SMILES string of the molecule is Cc1cc(F)ccc1NC(=O)c1cc(C(=O)Nc2ccc(F)cc2C)cc(C(=O)Nc2ccc(F)cc2C)c1. The number of carbonyl (C=O) groups is 3. The highest BCUT2D eigenvalue weighted by molar-refractivity contribution is 6.13. The number of aryl methyl sites for hydroxylation is 3. The lowest BCUT2D eigenvalue weighted by Gasteiger charge is -2.14. The Bertz CT molecular complexity index is 1420. The van der Waals surface area contributed by atoms with Gasteiger partial charge in [0.25, 0.3) is 17.7 Å². The molecular formula is C30H24F3N3O3. The van der Waals surface area contributed by atoms with E-state index in [1.165, 1.54) is 72.8 Å². The zero-order valence-corrected chi connectivity index (χ0v) is 21.3. The molecule has 0 aliphatic carbocycles. The normalized spacial score (nSPS) is 10.6. The number of rotatable bonds is 6. The Morgan fingerprint density at radius 1 is 0.462 bits per heavy atom. The molecule has 0 aliphatic rings. The van der Waals surface area contributed by atoms with Gasteiger partial charge in [0.15, 0.2) is 0 Å². The first-order valence-electron chi connectivity index (χ1n) is 11.9. The molecule has 0 heterocycles. The van der Waals surface area contributed by atoms with E-state index in [-0.39, 0.29) is 16.7 Å². The standard InChI is InChI=1S/C30H24F3N3O3/c1-16-10-22(31)4-7-25(16)34-28(37)19-13-20(29(38)35-26-8-5-23(32)11-17(26)2)15-21(14-19)30(39)36-27-9-6-24(33)12-18(27)3/h4-15H,1-3H3,(H,34,37)(H,35,38)(H,36,39). The third kappa shape index (κ3) is 6.51. The minimum absolute atomic E-state index is 0.0109. The molecule has 0 aromatic heterocycles. The Kier molecular flexibility index (Phi) is 7.80. The second kappa shape index (κ2) is 11.2. The molecule has 6 nitrogen and oxygen atoms in total. The molecule has 0 radical (unpaired) electrons. The fourth-order valence-corrected chi connectivity index (χ4v) is 3.91. The second-order valence-corrected chi connectivity index (χ2v) is 9.04. The van der Waals surface area contributed by atoms with Crippen molar-refractivity contribution in [2.45, 2.75) is 20.8 Å². The summed E-state index contributed by atoms with van der Waals surface area (Å²) in [5.41, 5.74) is 2.47. The average Bonchev–Trinajstić information content (AvgIpc) is 2.88. The van der Waals surface area contributed by atoms with Crippen LogP contribution >= 0.6 is 0 Å². The third-order valence-corrected chi connectivity index (χ3v) is 6.03. The van der Waals surface area contributed by atoms with Crippen LogP contribution in [0.3, 0.4) is 0 Å². The number of nitrogens with one attached hydrogen (secondary N) is 3. The van der Waals surface area contributed by atoms with Gasteiger partial charge in [-0.2, -0.15) is 0 Å². The van der Waals surface area contributed by atoms with E-state index in [9.17, 15) is 27.6 Å². The highest BCUT2D eigenvalue weighted by Gasteiger charge is 2.19. The molecule has 3 amide bonds. The first-order chi connectivity index (χ1) is 18.5. The van der Waals surface area contributed by atoms with E-state index in [1.54, 1.807) is 20.8 Å². The van der Waals surface area contributed by atoms with Crippen LogP contribution in [0.1, 0.15) is 47.8 Å². The zero-order valence-electron chi connectivity index (χ0n) is 21.3. The number of halogens is 3. The molecule has 0 aliphatic heterocycles. The van der Waals surface area contributed by atoms with Crippen LogP contribution in [-0.2, 0) is 0 Å². The van der Waals surface area contributed by atoms with Crippen LogP contribution in [0.15, 0.2) is 72.8 Å². The molecule has 0 saturated heterocycles. The summed E-state index contributed by atoms with van der Waals surface area (Å²) >= 11 is 0. The monoisotopic (exact) mass is 531 g/mol. The molecule has 4 aromatic rings. The molecule has 0 bridgehead atoms. The van der Waals surface area contributed by atoms with Crippen LogP contribution < -0.4 is 16.0 Å². The smallest absolute Gasteiger partial charge is 0.255 e. The number of hydrogen-bond acceptors (Lipinski definition) is 3. The van der Waals surface area contributed by atoms with E-state index < -0.39 is 35.2 Å². The van der Waals surface area contributed by atoms with Crippen LogP contribution in [0.2, 0.25) is 0 Å². The quantitative estimate of drug-likeness (QED) is 0.256. The van der Waals surface area contributed by atoms with Gasteiger partial charge < -0.3 is 16.0 Å². The summed E-state index contributed by atoms with van der Waals surface area (Å²) in [4.78, 5) is 39.4. The van der Waals surface area contributed by atoms with E-state index in [1.807, 2.05) is 0 Å². The Hall–Kier alpha value is -4.92. The van der Waals surface area contributed by atoms with Crippen molar-refractivity contribution in [1.29, 1.82) is 0 Å². The lowest BCUT2D eigenvalue weighted by atomic mass is 10.0. The number of carbonyl (C=O) groups excluding carboxylic acids is 3. The van der Waals surface area contributed by atoms with Crippen molar-refractivity contribution in [3.63, 3.8) is 0 Å². The Balaban J connectivity index is 1.69. The van der Waals surface area contributed by atoms with E-state index in [0.29, 0.717) is 33.8 Å². The topological polar surface area (TPSA) is 87.3 Å². The molecule has 39 heavy (non-hydrogen) atoms. The van der Waals surface area contributed by atoms with Gasteiger partial charge in [-0.05, 0) is 110 Å². The summed E-state index contributed by atoms with van der Waals surface area (Å²) < 4.78 is 40.5. The minimum Gasteiger partial charge on any atom is -0.322 e. The predicted octanol–water partition coefficient (Wildman–Crippen LogP) is 6.79. The van der Waals surface area contributed by atoms with Crippen molar-refractivity contribution in [2.75, 3.05) is 16.0 Å². The Morgan fingerprint density at radius 3 is 0.949 bits per heavy atom. The molecule has 4 rings (SSSR count). The largest absolute Gasteiger partial charge is 0.322 e. The summed E-state index contributed by atoms with van der Waals surface area (Å²) in [6, 6.07) is 15.5. The van der Waals surface area contributed by atoms with Crippen LogP contribution in [-0.4, -0.2) is 17.7 Å². The molecular weight excluding hydrogens is 507 g/mol. The maximum Gasteiger partial charge on any atom is 0.255 e. The molecule has 0 unspecified atom stereocenters. The molecule has 3 N–H and O–H groups in total. The van der Waals surface area contributed by atoms with Gasteiger partial charge in [-0.15, -0.1) is 0 Å². The maximum absolute atomic E-state index is 13.5. The van der Waals surface area contributed by atoms with Crippen molar-refractivity contribution in [3.05, 3.63) is 124 Å². The summed E-state index contributed by atoms with van der Waals surface area (Å²) in [5.74, 6) is -3.29.